The monoisotopic (exact) mass is 293 g/mol. The minimum absolute atomic E-state index is 0.0760. The Balaban J connectivity index is 1.86. The van der Waals surface area contributed by atoms with Crippen molar-refractivity contribution in [1.82, 2.24) is 14.3 Å². The molecule has 2 aliphatic rings. The van der Waals surface area contributed by atoms with Crippen LogP contribution in [0.3, 0.4) is 0 Å². The molecule has 0 aromatic carbocycles. The largest absolute Gasteiger partial charge is 0.374 e. The van der Waals surface area contributed by atoms with E-state index < -0.39 is 10.2 Å². The van der Waals surface area contributed by atoms with E-state index >= 15 is 0 Å². The quantitative estimate of drug-likeness (QED) is 0.689. The van der Waals surface area contributed by atoms with Gasteiger partial charge in [-0.2, -0.15) is 17.4 Å². The van der Waals surface area contributed by atoms with Crippen LogP contribution in [0.4, 0.5) is 0 Å². The number of nitrogens with zero attached hydrogens (tertiary/aromatic N) is 1. The van der Waals surface area contributed by atoms with Crippen LogP contribution in [0.5, 0.6) is 0 Å². The Morgan fingerprint density at radius 2 is 2.00 bits per heavy atom. The maximum Gasteiger partial charge on any atom is 0.279 e. The lowest BCUT2D eigenvalue weighted by Gasteiger charge is -2.34. The fourth-order valence-corrected chi connectivity index (χ4v) is 3.76. The van der Waals surface area contributed by atoms with Crippen LogP contribution in [0.15, 0.2) is 0 Å². The Morgan fingerprint density at radius 3 is 2.58 bits per heavy atom. The molecule has 8 heteroatoms. The van der Waals surface area contributed by atoms with Gasteiger partial charge in [0.05, 0.1) is 24.9 Å². The molecule has 2 saturated heterocycles. The number of rotatable bonds is 4. The number of morpholine rings is 2. The maximum atomic E-state index is 12.2. The summed E-state index contributed by atoms with van der Waals surface area (Å²) >= 11 is 0. The summed E-state index contributed by atoms with van der Waals surface area (Å²) in [5.41, 5.74) is 0. The lowest BCUT2D eigenvalue weighted by Crippen LogP contribution is -2.54. The van der Waals surface area contributed by atoms with Gasteiger partial charge in [0, 0.05) is 32.7 Å². The average molecular weight is 293 g/mol. The molecule has 2 rings (SSSR count). The molecule has 2 heterocycles. The van der Waals surface area contributed by atoms with Crippen LogP contribution in [-0.4, -0.2) is 70.4 Å². The molecule has 3 unspecified atom stereocenters. The topological polar surface area (TPSA) is 79.9 Å². The van der Waals surface area contributed by atoms with Crippen LogP contribution in [0.25, 0.3) is 0 Å². The van der Waals surface area contributed by atoms with E-state index in [2.05, 4.69) is 10.0 Å². The second-order valence-corrected chi connectivity index (χ2v) is 6.88. The number of ether oxygens (including phenoxy) is 2. The fraction of sp³-hybridized carbons (Fsp3) is 1.00. The third kappa shape index (κ3) is 4.37. The van der Waals surface area contributed by atoms with Gasteiger partial charge in [-0.15, -0.1) is 0 Å². The van der Waals surface area contributed by atoms with Crippen molar-refractivity contribution in [1.29, 1.82) is 0 Å². The molecule has 19 heavy (non-hydrogen) atoms. The first-order valence-corrected chi connectivity index (χ1v) is 8.14. The van der Waals surface area contributed by atoms with E-state index in [1.165, 1.54) is 4.31 Å². The van der Waals surface area contributed by atoms with Crippen LogP contribution in [0.1, 0.15) is 13.8 Å². The Morgan fingerprint density at radius 1 is 1.32 bits per heavy atom. The Kier molecular flexibility index (Phi) is 5.15. The maximum absolute atomic E-state index is 12.2. The third-order valence-electron chi connectivity index (χ3n) is 3.22. The zero-order valence-electron chi connectivity index (χ0n) is 11.5. The van der Waals surface area contributed by atoms with E-state index in [1.807, 2.05) is 13.8 Å². The van der Waals surface area contributed by atoms with Gasteiger partial charge in [0.2, 0.25) is 0 Å². The van der Waals surface area contributed by atoms with Crippen molar-refractivity contribution in [2.75, 3.05) is 39.3 Å². The lowest BCUT2D eigenvalue weighted by molar-refractivity contribution is -0.0445. The zero-order valence-corrected chi connectivity index (χ0v) is 12.3. The smallest absolute Gasteiger partial charge is 0.279 e. The SMILES string of the molecule is CC1CN(S(=O)(=O)NCC2CNCCO2)CC(C)O1. The van der Waals surface area contributed by atoms with Crippen LogP contribution >= 0.6 is 0 Å². The highest BCUT2D eigenvalue weighted by Crippen LogP contribution is 2.13. The van der Waals surface area contributed by atoms with Crippen LogP contribution in [0, 0.1) is 0 Å². The van der Waals surface area contributed by atoms with Crippen molar-refractivity contribution in [3.8, 4) is 0 Å². The summed E-state index contributed by atoms with van der Waals surface area (Å²) in [6.45, 7) is 6.97. The molecule has 2 aliphatic heterocycles. The van der Waals surface area contributed by atoms with Crippen LogP contribution in [-0.2, 0) is 19.7 Å². The molecule has 0 radical (unpaired) electrons. The molecule has 0 saturated carbocycles. The molecule has 112 valence electrons. The van der Waals surface area contributed by atoms with Gasteiger partial charge in [-0.25, -0.2) is 0 Å². The second-order valence-electron chi connectivity index (χ2n) is 5.12. The summed E-state index contributed by atoms with van der Waals surface area (Å²) in [7, 11) is -3.45. The lowest BCUT2D eigenvalue weighted by atomic mass is 10.3. The summed E-state index contributed by atoms with van der Waals surface area (Å²) in [5.74, 6) is 0. The zero-order chi connectivity index (χ0) is 13.9. The molecular formula is C11H23N3O4S. The molecule has 7 nitrogen and oxygen atoms in total. The van der Waals surface area contributed by atoms with Gasteiger partial charge < -0.3 is 14.8 Å². The van der Waals surface area contributed by atoms with Gasteiger partial charge in [-0.1, -0.05) is 0 Å². The molecule has 3 atom stereocenters. The van der Waals surface area contributed by atoms with E-state index in [4.69, 9.17) is 9.47 Å². The normalized spacial score (nSPS) is 34.3. The first kappa shape index (κ1) is 15.1. The number of hydrogen-bond acceptors (Lipinski definition) is 5. The van der Waals surface area contributed by atoms with E-state index in [0.717, 1.165) is 6.54 Å². The van der Waals surface area contributed by atoms with Crippen molar-refractivity contribution in [2.45, 2.75) is 32.2 Å². The van der Waals surface area contributed by atoms with Crippen LogP contribution in [0.2, 0.25) is 0 Å². The van der Waals surface area contributed by atoms with E-state index in [-0.39, 0.29) is 18.3 Å². The van der Waals surface area contributed by atoms with Crippen LogP contribution < -0.4 is 10.0 Å². The minimum atomic E-state index is -3.45. The highest BCUT2D eigenvalue weighted by Gasteiger charge is 2.31. The average Bonchev–Trinajstić information content (AvgIpc) is 2.37. The van der Waals surface area contributed by atoms with Crippen molar-refractivity contribution in [3.05, 3.63) is 0 Å². The Bertz CT molecular complexity index is 373. The summed E-state index contributed by atoms with van der Waals surface area (Å²) in [6, 6.07) is 0. The number of nitrogens with one attached hydrogen (secondary N) is 2. The molecule has 0 aliphatic carbocycles. The summed E-state index contributed by atoms with van der Waals surface area (Å²) < 4.78 is 39.5. The van der Waals surface area contributed by atoms with Crippen molar-refractivity contribution < 1.29 is 17.9 Å². The predicted molar refractivity (Wildman–Crippen MR) is 71.1 cm³/mol. The Hall–Kier alpha value is -0.250. The second kappa shape index (κ2) is 6.47. The molecular weight excluding hydrogens is 270 g/mol. The molecule has 0 amide bonds. The predicted octanol–water partition coefficient (Wildman–Crippen LogP) is -1.08. The van der Waals surface area contributed by atoms with Gasteiger partial charge >= 0.3 is 0 Å². The fourth-order valence-electron chi connectivity index (χ4n) is 2.37. The molecule has 2 N–H and O–H groups in total. The van der Waals surface area contributed by atoms with Crippen molar-refractivity contribution in [3.63, 3.8) is 0 Å². The summed E-state index contributed by atoms with van der Waals surface area (Å²) in [5, 5.41) is 3.17. The van der Waals surface area contributed by atoms with E-state index in [0.29, 0.717) is 32.8 Å². The van der Waals surface area contributed by atoms with Gasteiger partial charge in [0.15, 0.2) is 0 Å². The van der Waals surface area contributed by atoms with Gasteiger partial charge in [-0.05, 0) is 13.8 Å². The van der Waals surface area contributed by atoms with Crippen molar-refractivity contribution >= 4 is 10.2 Å². The molecule has 0 aromatic rings. The molecule has 0 bridgehead atoms. The van der Waals surface area contributed by atoms with E-state index in [1.54, 1.807) is 0 Å². The Labute approximate surface area is 114 Å². The first-order chi connectivity index (χ1) is 8.97. The standard InChI is InChI=1S/C11H23N3O4S/c1-9-7-14(8-10(2)18-9)19(15,16)13-6-11-5-12-3-4-17-11/h9-13H,3-8H2,1-2H3. The molecule has 0 spiro atoms. The van der Waals surface area contributed by atoms with E-state index in [9.17, 15) is 8.42 Å². The molecule has 2 fully saturated rings. The summed E-state index contributed by atoms with van der Waals surface area (Å²) in [6.07, 6.45) is -0.250. The highest BCUT2D eigenvalue weighted by molar-refractivity contribution is 7.87. The van der Waals surface area contributed by atoms with Gasteiger partial charge in [0.25, 0.3) is 10.2 Å². The first-order valence-electron chi connectivity index (χ1n) is 6.70. The van der Waals surface area contributed by atoms with Crippen molar-refractivity contribution in [2.24, 2.45) is 0 Å². The third-order valence-corrected chi connectivity index (χ3v) is 4.73. The molecule has 0 aromatic heterocycles. The number of hydrogen-bond donors (Lipinski definition) is 2. The minimum Gasteiger partial charge on any atom is -0.374 e. The highest BCUT2D eigenvalue weighted by atomic mass is 32.2. The van der Waals surface area contributed by atoms with Gasteiger partial charge in [-0.3, -0.25) is 0 Å². The van der Waals surface area contributed by atoms with Gasteiger partial charge in [0.1, 0.15) is 0 Å². The summed E-state index contributed by atoms with van der Waals surface area (Å²) in [4.78, 5) is 0.